The number of imidazole rings is 1. The van der Waals surface area contributed by atoms with Crippen molar-refractivity contribution in [1.29, 1.82) is 0 Å². The molecule has 170 valence electrons. The molecular weight excluding hydrogens is 456 g/mol. The van der Waals surface area contributed by atoms with Crippen LogP contribution in [0.5, 0.6) is 0 Å². The van der Waals surface area contributed by atoms with Crippen LogP contribution in [0.15, 0.2) is 66.0 Å². The van der Waals surface area contributed by atoms with Crippen LogP contribution < -0.4 is 11.1 Å². The van der Waals surface area contributed by atoms with Gasteiger partial charge < -0.3 is 16.0 Å². The van der Waals surface area contributed by atoms with Crippen molar-refractivity contribution >= 4 is 39.1 Å². The first-order valence-corrected chi connectivity index (χ1v) is 11.3. The number of rotatable bonds is 6. The number of nitrogens with zero attached hydrogens (tertiary/aromatic N) is 2. The van der Waals surface area contributed by atoms with E-state index in [9.17, 15) is 13.6 Å². The molecule has 0 radical (unpaired) electrons. The number of primary amides is 1. The SMILES string of the molecule is Cc1cc2[nH]c(-c3cccc(C(F)F)c3)nc2cc1Nc1nc(-c2ccc(C(N)=O)cc2)cs1. The third-order valence-electron chi connectivity index (χ3n) is 5.45. The summed E-state index contributed by atoms with van der Waals surface area (Å²) in [5, 5.41) is 5.97. The Kier molecular flexibility index (Phi) is 5.54. The standard InChI is InChI=1S/C25H19F2N5OS/c1-13-9-19-20(30-24(29-19)17-4-2-3-16(10-17)22(26)27)11-18(13)31-25-32-21(12-34-25)14-5-7-15(8-6-14)23(28)33/h2-12,22H,1H3,(H2,28,33)(H,29,30)(H,31,32). The van der Waals surface area contributed by atoms with E-state index in [-0.39, 0.29) is 5.56 Å². The molecule has 0 saturated heterocycles. The average Bonchev–Trinajstić information content (AvgIpc) is 3.46. The quantitative estimate of drug-likeness (QED) is 0.263. The van der Waals surface area contributed by atoms with Crippen LogP contribution in [0.4, 0.5) is 19.6 Å². The van der Waals surface area contributed by atoms with Crippen LogP contribution in [0.25, 0.3) is 33.7 Å². The van der Waals surface area contributed by atoms with Gasteiger partial charge in [-0.25, -0.2) is 18.7 Å². The van der Waals surface area contributed by atoms with Crippen LogP contribution in [-0.2, 0) is 0 Å². The summed E-state index contributed by atoms with van der Waals surface area (Å²) in [7, 11) is 0. The first-order valence-electron chi connectivity index (χ1n) is 10.4. The zero-order valence-electron chi connectivity index (χ0n) is 18.0. The Morgan fingerprint density at radius 2 is 1.85 bits per heavy atom. The van der Waals surface area contributed by atoms with Crippen LogP contribution >= 0.6 is 11.3 Å². The molecule has 4 N–H and O–H groups in total. The lowest BCUT2D eigenvalue weighted by atomic mass is 10.1. The molecule has 0 bridgehead atoms. The molecule has 0 aliphatic carbocycles. The van der Waals surface area contributed by atoms with Crippen LogP contribution in [-0.4, -0.2) is 20.9 Å². The highest BCUT2D eigenvalue weighted by molar-refractivity contribution is 7.14. The number of aromatic amines is 1. The van der Waals surface area contributed by atoms with Gasteiger partial charge in [-0.1, -0.05) is 30.3 Å². The van der Waals surface area contributed by atoms with Gasteiger partial charge in [-0.3, -0.25) is 4.79 Å². The second kappa shape index (κ2) is 8.68. The van der Waals surface area contributed by atoms with E-state index in [1.54, 1.807) is 24.3 Å². The summed E-state index contributed by atoms with van der Waals surface area (Å²) in [5.41, 5.74) is 11.3. The lowest BCUT2D eigenvalue weighted by Crippen LogP contribution is -2.10. The van der Waals surface area contributed by atoms with E-state index in [1.165, 1.54) is 23.5 Å². The van der Waals surface area contributed by atoms with Crippen LogP contribution in [0.1, 0.15) is 27.9 Å². The van der Waals surface area contributed by atoms with Crippen molar-refractivity contribution < 1.29 is 13.6 Å². The van der Waals surface area contributed by atoms with Crippen LogP contribution in [0, 0.1) is 6.92 Å². The summed E-state index contributed by atoms with van der Waals surface area (Å²) in [6.45, 7) is 1.97. The van der Waals surface area contributed by atoms with Crippen molar-refractivity contribution in [2.75, 3.05) is 5.32 Å². The maximum Gasteiger partial charge on any atom is 0.263 e. The predicted molar refractivity (Wildman–Crippen MR) is 131 cm³/mol. The highest BCUT2D eigenvalue weighted by Gasteiger charge is 2.13. The van der Waals surface area contributed by atoms with Crippen molar-refractivity contribution in [3.63, 3.8) is 0 Å². The summed E-state index contributed by atoms with van der Waals surface area (Å²) in [6.07, 6.45) is -2.54. The summed E-state index contributed by atoms with van der Waals surface area (Å²) >= 11 is 1.46. The van der Waals surface area contributed by atoms with Crippen molar-refractivity contribution in [1.82, 2.24) is 15.0 Å². The Bertz CT molecular complexity index is 1510. The van der Waals surface area contributed by atoms with Gasteiger partial charge in [0, 0.05) is 33.3 Å². The van der Waals surface area contributed by atoms with Gasteiger partial charge in [0.15, 0.2) is 5.13 Å². The van der Waals surface area contributed by atoms with Crippen LogP contribution in [0.2, 0.25) is 0 Å². The fourth-order valence-electron chi connectivity index (χ4n) is 3.64. The highest BCUT2D eigenvalue weighted by Crippen LogP contribution is 2.32. The number of hydrogen-bond donors (Lipinski definition) is 3. The highest BCUT2D eigenvalue weighted by atomic mass is 32.1. The Balaban J connectivity index is 1.41. The maximum absolute atomic E-state index is 13.1. The number of thiazole rings is 1. The van der Waals surface area contributed by atoms with Gasteiger partial charge in [0.2, 0.25) is 5.91 Å². The smallest absolute Gasteiger partial charge is 0.263 e. The molecule has 0 fully saturated rings. The second-order valence-electron chi connectivity index (χ2n) is 7.80. The minimum atomic E-state index is -2.54. The number of fused-ring (bicyclic) bond motifs is 1. The second-order valence-corrected chi connectivity index (χ2v) is 8.66. The maximum atomic E-state index is 13.1. The molecule has 5 aromatic rings. The van der Waals surface area contributed by atoms with E-state index < -0.39 is 12.3 Å². The third-order valence-corrected chi connectivity index (χ3v) is 6.21. The fraction of sp³-hybridized carbons (Fsp3) is 0.0800. The number of aromatic nitrogens is 3. The monoisotopic (exact) mass is 475 g/mol. The van der Waals surface area contributed by atoms with Gasteiger partial charge in [-0.05, 0) is 42.8 Å². The van der Waals surface area contributed by atoms with E-state index in [2.05, 4.69) is 20.3 Å². The number of carbonyl (C=O) groups is 1. The van der Waals surface area contributed by atoms with Gasteiger partial charge >= 0.3 is 0 Å². The average molecular weight is 476 g/mol. The van der Waals surface area contributed by atoms with Gasteiger partial charge in [-0.15, -0.1) is 11.3 Å². The number of anilines is 2. The van der Waals surface area contributed by atoms with E-state index in [4.69, 9.17) is 5.73 Å². The molecule has 0 saturated carbocycles. The molecule has 2 aromatic heterocycles. The molecule has 5 rings (SSSR count). The number of hydrogen-bond acceptors (Lipinski definition) is 5. The number of halogens is 2. The minimum Gasteiger partial charge on any atom is -0.366 e. The Hall–Kier alpha value is -4.11. The largest absolute Gasteiger partial charge is 0.366 e. The fourth-order valence-corrected chi connectivity index (χ4v) is 4.37. The zero-order chi connectivity index (χ0) is 23.8. The molecule has 0 aliphatic rings. The summed E-state index contributed by atoms with van der Waals surface area (Å²) in [4.78, 5) is 23.7. The molecule has 0 atom stereocenters. The number of benzene rings is 3. The normalized spacial score (nSPS) is 11.3. The minimum absolute atomic E-state index is 0.0414. The number of H-pyrrole nitrogens is 1. The van der Waals surface area contributed by atoms with E-state index in [1.807, 2.05) is 36.6 Å². The molecule has 6 nitrogen and oxygen atoms in total. The number of nitrogens with one attached hydrogen (secondary N) is 2. The summed E-state index contributed by atoms with van der Waals surface area (Å²) < 4.78 is 26.2. The Morgan fingerprint density at radius 3 is 2.59 bits per heavy atom. The molecule has 0 aliphatic heterocycles. The third kappa shape index (κ3) is 4.25. The molecule has 1 amide bonds. The van der Waals surface area contributed by atoms with Gasteiger partial charge in [0.1, 0.15) is 5.82 Å². The van der Waals surface area contributed by atoms with Gasteiger partial charge in [-0.2, -0.15) is 0 Å². The lowest BCUT2D eigenvalue weighted by Gasteiger charge is -2.06. The number of aryl methyl sites for hydroxylation is 1. The summed E-state index contributed by atoms with van der Waals surface area (Å²) in [5.74, 6) is 0.0614. The first-order chi connectivity index (χ1) is 16.4. The number of alkyl halides is 2. The molecule has 3 aromatic carbocycles. The molecule has 0 unspecified atom stereocenters. The molecular formula is C25H19F2N5OS. The lowest BCUT2D eigenvalue weighted by molar-refractivity contribution is 0.1000. The Labute approximate surface area is 197 Å². The van der Waals surface area contributed by atoms with Crippen molar-refractivity contribution in [3.05, 3.63) is 82.7 Å². The number of nitrogens with two attached hydrogens (primary N) is 1. The van der Waals surface area contributed by atoms with E-state index in [0.717, 1.165) is 28.0 Å². The molecule has 0 spiro atoms. The van der Waals surface area contributed by atoms with Gasteiger partial charge in [0.25, 0.3) is 6.43 Å². The molecule has 34 heavy (non-hydrogen) atoms. The van der Waals surface area contributed by atoms with E-state index in [0.29, 0.717) is 27.6 Å². The van der Waals surface area contributed by atoms with Crippen molar-refractivity contribution in [3.8, 4) is 22.6 Å². The van der Waals surface area contributed by atoms with Crippen molar-refractivity contribution in [2.24, 2.45) is 5.73 Å². The summed E-state index contributed by atoms with van der Waals surface area (Å²) in [6, 6.07) is 17.0. The van der Waals surface area contributed by atoms with Crippen molar-refractivity contribution in [2.45, 2.75) is 13.3 Å². The topological polar surface area (TPSA) is 96.7 Å². The van der Waals surface area contributed by atoms with E-state index >= 15 is 0 Å². The van der Waals surface area contributed by atoms with Crippen LogP contribution in [0.3, 0.4) is 0 Å². The molecule has 2 heterocycles. The zero-order valence-corrected chi connectivity index (χ0v) is 18.8. The Morgan fingerprint density at radius 1 is 1.06 bits per heavy atom. The number of amides is 1. The predicted octanol–water partition coefficient (Wildman–Crippen LogP) is 6.44. The van der Waals surface area contributed by atoms with Gasteiger partial charge in [0.05, 0.1) is 16.7 Å². The number of carbonyl (C=O) groups excluding carboxylic acids is 1. The molecule has 9 heteroatoms. The first kappa shape index (κ1) is 21.7.